The van der Waals surface area contributed by atoms with Gasteiger partial charge in [-0.1, -0.05) is 6.42 Å². The average molecular weight is 597 g/mol. The molecule has 0 saturated carbocycles. The molecule has 0 bridgehead atoms. The van der Waals surface area contributed by atoms with Crippen LogP contribution in [0.15, 0.2) is 6.07 Å². The Kier molecular flexibility index (Phi) is 16.2. The number of nitrogens with two attached hydrogens (primary N) is 3. The smallest absolute Gasteiger partial charge is 0.331 e. The summed E-state index contributed by atoms with van der Waals surface area (Å²) in [6, 6.07) is 0.0466. The van der Waals surface area contributed by atoms with Crippen LogP contribution in [0.1, 0.15) is 25.7 Å². The summed E-state index contributed by atoms with van der Waals surface area (Å²) in [6.45, 7) is 0.0386. The molecule has 1 aromatic rings. The van der Waals surface area contributed by atoms with E-state index in [1.807, 2.05) is 0 Å². The van der Waals surface area contributed by atoms with Crippen LogP contribution < -0.4 is 37.3 Å². The zero-order valence-electron chi connectivity index (χ0n) is 21.2. The largest absolute Gasteiger partial charge is 0.419 e. The number of fused-ring (bicyclic) bond motifs is 1. The molecular formula is C21H32BF4N7O4S2. The van der Waals surface area contributed by atoms with Crippen LogP contribution in [0.25, 0.3) is 0 Å². The van der Waals surface area contributed by atoms with Crippen LogP contribution in [0.5, 0.6) is 5.75 Å². The lowest BCUT2D eigenvalue weighted by atomic mass is 10.0. The van der Waals surface area contributed by atoms with Crippen molar-refractivity contribution in [2.75, 3.05) is 32.7 Å². The van der Waals surface area contributed by atoms with Crippen LogP contribution in [-0.4, -0.2) is 79.9 Å². The van der Waals surface area contributed by atoms with Gasteiger partial charge in [0.2, 0.25) is 23.3 Å². The molecule has 3 amide bonds. The third-order valence-corrected chi connectivity index (χ3v) is 7.16. The van der Waals surface area contributed by atoms with Crippen molar-refractivity contribution in [3.05, 3.63) is 29.3 Å². The second-order valence-electron chi connectivity index (χ2n) is 8.09. The third-order valence-electron chi connectivity index (χ3n) is 5.31. The highest BCUT2D eigenvalue weighted by atomic mass is 32.2. The first-order valence-corrected chi connectivity index (χ1v) is 13.6. The average Bonchev–Trinajstić information content (AvgIpc) is 3.43. The summed E-state index contributed by atoms with van der Waals surface area (Å²) in [4.78, 5) is 36.4. The number of hydrogen-bond donors (Lipinski definition) is 6. The van der Waals surface area contributed by atoms with E-state index in [4.69, 9.17) is 12.9 Å². The number of benzene rings is 1. The molecule has 0 aromatic heterocycles. The molecule has 2 fully saturated rings. The van der Waals surface area contributed by atoms with Gasteiger partial charge in [0.1, 0.15) is 6.54 Å². The number of urea groups is 1. The molecule has 2 radical (unpaired) electrons. The lowest BCUT2D eigenvalue weighted by Gasteiger charge is -2.18. The minimum Gasteiger partial charge on any atom is -0.419 e. The minimum atomic E-state index is -1.83. The Morgan fingerprint density at radius 1 is 1.18 bits per heavy atom. The van der Waals surface area contributed by atoms with Gasteiger partial charge in [0.15, 0.2) is 18.8 Å². The van der Waals surface area contributed by atoms with Crippen molar-refractivity contribution in [1.82, 2.24) is 20.3 Å². The molecule has 0 spiro atoms. The van der Waals surface area contributed by atoms with Gasteiger partial charge in [-0.2, -0.15) is 32.3 Å². The molecule has 0 aliphatic carbocycles. The Labute approximate surface area is 233 Å². The number of esters is 1. The Morgan fingerprint density at radius 2 is 1.79 bits per heavy atom. The molecule has 0 unspecified atom stereocenters. The van der Waals surface area contributed by atoms with Gasteiger partial charge < -0.3 is 37.5 Å². The van der Waals surface area contributed by atoms with E-state index in [0.29, 0.717) is 13.1 Å². The summed E-state index contributed by atoms with van der Waals surface area (Å²) in [5.41, 5.74) is 14.2. The maximum atomic E-state index is 13.6. The monoisotopic (exact) mass is 597 g/mol. The van der Waals surface area contributed by atoms with Gasteiger partial charge in [0.25, 0.3) is 0 Å². The van der Waals surface area contributed by atoms with E-state index in [1.165, 1.54) is 7.05 Å². The maximum Gasteiger partial charge on any atom is 0.331 e. The number of rotatable bonds is 10. The Hall–Kier alpha value is -2.25. The maximum absolute atomic E-state index is 13.6. The van der Waals surface area contributed by atoms with Gasteiger partial charge in [-0.05, 0) is 12.8 Å². The van der Waals surface area contributed by atoms with Crippen molar-refractivity contribution < 1.29 is 36.7 Å². The molecule has 11 nitrogen and oxygen atoms in total. The van der Waals surface area contributed by atoms with Crippen LogP contribution in [0, 0.1) is 23.3 Å². The van der Waals surface area contributed by atoms with Crippen LogP contribution in [-0.2, 0) is 9.59 Å². The molecule has 2 saturated heterocycles. The molecule has 2 heterocycles. The number of hydrogen-bond acceptors (Lipinski definition) is 10. The van der Waals surface area contributed by atoms with Crippen molar-refractivity contribution in [2.45, 2.75) is 43.0 Å². The zero-order valence-corrected chi connectivity index (χ0v) is 22.8. The van der Waals surface area contributed by atoms with Crippen molar-refractivity contribution in [3.8, 4) is 5.75 Å². The third kappa shape index (κ3) is 11.4. The fourth-order valence-electron chi connectivity index (χ4n) is 3.57. The van der Waals surface area contributed by atoms with Gasteiger partial charge >= 0.3 is 12.0 Å². The van der Waals surface area contributed by atoms with Gasteiger partial charge in [-0.15, -0.1) is 0 Å². The van der Waals surface area contributed by atoms with Crippen LogP contribution >= 0.6 is 23.6 Å². The predicted molar refractivity (Wildman–Crippen MR) is 142 cm³/mol. The van der Waals surface area contributed by atoms with E-state index >= 15 is 0 Å². The number of amides is 3. The number of carbonyl (C=O) groups excluding carboxylic acids is 3. The van der Waals surface area contributed by atoms with Crippen molar-refractivity contribution in [1.29, 1.82) is 0 Å². The number of nitrogens with one attached hydrogen (secondary N) is 3. The van der Waals surface area contributed by atoms with E-state index in [1.54, 1.807) is 11.8 Å². The number of thioether (sulfide) groups is 1. The number of ether oxygens (including phenoxy) is 1. The molecule has 18 heteroatoms. The number of nitrogens with zero attached hydrogens (tertiary/aromatic N) is 1. The van der Waals surface area contributed by atoms with Gasteiger partial charge in [0.05, 0.1) is 18.8 Å². The topological polar surface area (TPSA) is 178 Å². The molecule has 2 aliphatic heterocycles. The number of halogens is 4. The van der Waals surface area contributed by atoms with E-state index in [0.717, 1.165) is 35.3 Å². The van der Waals surface area contributed by atoms with Crippen molar-refractivity contribution >= 4 is 48.6 Å². The first kappa shape index (κ1) is 34.8. The second-order valence-corrected chi connectivity index (χ2v) is 9.89. The number of carbonyl (C=O) groups is 3. The molecular weight excluding hydrogens is 565 g/mol. The number of likely N-dealkylation sites (N-methyl/N-ethyl adjacent to an activating group) is 1. The van der Waals surface area contributed by atoms with Crippen LogP contribution in [0.4, 0.5) is 22.4 Å². The van der Waals surface area contributed by atoms with E-state index in [2.05, 4.69) is 31.6 Å². The SMILES string of the molecule is CN(CC(=O)Oc1c(F)c(F)cc(F)c1F)C(=O)CCCC[C@@H]1SC[C@@H]2NC(=O)N[C@@H]21.NCN.[B]SNCN. The quantitative estimate of drug-likeness (QED) is 0.0255. The van der Waals surface area contributed by atoms with Crippen LogP contribution in [0.2, 0.25) is 0 Å². The van der Waals surface area contributed by atoms with Crippen LogP contribution in [0.3, 0.4) is 0 Å². The highest BCUT2D eigenvalue weighted by molar-refractivity contribution is 8.18. The molecule has 3 rings (SSSR count). The summed E-state index contributed by atoms with van der Waals surface area (Å²) in [6.07, 6.45) is 2.24. The van der Waals surface area contributed by atoms with Gasteiger partial charge in [-0.3, -0.25) is 9.52 Å². The molecule has 39 heavy (non-hydrogen) atoms. The van der Waals surface area contributed by atoms with Crippen molar-refractivity contribution in [2.24, 2.45) is 17.2 Å². The van der Waals surface area contributed by atoms with E-state index < -0.39 is 47.4 Å². The fourth-order valence-corrected chi connectivity index (χ4v) is 5.21. The highest BCUT2D eigenvalue weighted by Crippen LogP contribution is 2.33. The summed E-state index contributed by atoms with van der Waals surface area (Å²) in [5.74, 6) is -9.34. The molecule has 1 aromatic carbocycles. The molecule has 2 aliphatic rings. The first-order valence-electron chi connectivity index (χ1n) is 11.7. The van der Waals surface area contributed by atoms with E-state index in [9.17, 15) is 31.9 Å². The normalized spacial score (nSPS) is 19.0. The van der Waals surface area contributed by atoms with Crippen molar-refractivity contribution in [3.63, 3.8) is 0 Å². The summed E-state index contributed by atoms with van der Waals surface area (Å²) >= 11 is 2.79. The highest BCUT2D eigenvalue weighted by Gasteiger charge is 2.42. The van der Waals surface area contributed by atoms with Gasteiger partial charge in [-0.25, -0.2) is 18.4 Å². The second kappa shape index (κ2) is 18.2. The predicted octanol–water partition coefficient (Wildman–Crippen LogP) is 0.418. The standard InChI is InChI=1S/C19H21F4N3O4S.CH5BN2S.CH6N2/c1-26(7-14(28)30-18-15(22)9(20)6-10(21)16(18)23)13(27)5-3-2-4-12-17-11(8-31-12)24-19(29)25-17;2-5-4-1-3;2-1-3/h6,11-12,17H,2-5,7-8H2,1H3,(H2,24,25,29);4H,1,3H2;1-3H2/t11-,12-,17-;;/m0../s1. The first-order chi connectivity index (χ1) is 18.5. The molecule has 3 atom stereocenters. The lowest BCUT2D eigenvalue weighted by Crippen LogP contribution is -2.36. The Balaban J connectivity index is 0.000000838. The Morgan fingerprint density at radius 3 is 2.33 bits per heavy atom. The zero-order chi connectivity index (χ0) is 29.5. The van der Waals surface area contributed by atoms with Gasteiger partial charge in [0, 0.05) is 37.2 Å². The summed E-state index contributed by atoms with van der Waals surface area (Å²) < 4.78 is 60.5. The van der Waals surface area contributed by atoms with E-state index in [-0.39, 0.29) is 42.5 Å². The number of unbranched alkanes of at least 4 members (excludes halogenated alkanes) is 1. The minimum absolute atomic E-state index is 0.000958. The summed E-state index contributed by atoms with van der Waals surface area (Å²) in [5, 5.41) is 6.01. The fraction of sp³-hybridized carbons (Fsp3) is 0.571. The lowest BCUT2D eigenvalue weighted by molar-refractivity contribution is -0.141. The summed E-state index contributed by atoms with van der Waals surface area (Å²) in [7, 11) is 6.17. The molecule has 9 N–H and O–H groups in total. The Bertz CT molecular complexity index is 945. The molecule has 218 valence electrons.